The molecule has 5 nitrogen and oxygen atoms in total. The number of piperidine rings is 1. The number of hydrogen-bond donors (Lipinski definition) is 2. The van der Waals surface area contributed by atoms with Gasteiger partial charge in [-0.1, -0.05) is 33.6 Å². The van der Waals surface area contributed by atoms with Gasteiger partial charge in [0, 0.05) is 43.0 Å². The Balaban J connectivity index is 1.82. The number of aliphatic hydroxyl groups excluding tert-OH is 1. The minimum absolute atomic E-state index is 0.000266. The lowest BCUT2D eigenvalue weighted by Crippen LogP contribution is -2.49. The van der Waals surface area contributed by atoms with E-state index in [0.717, 1.165) is 38.5 Å². The molecule has 0 aromatic heterocycles. The van der Waals surface area contributed by atoms with E-state index in [1.807, 2.05) is 25.7 Å². The Kier molecular flexibility index (Phi) is 6.06. The summed E-state index contributed by atoms with van der Waals surface area (Å²) in [4.78, 5) is 26.7. The number of amides is 2. The monoisotopic (exact) mass is 324 g/mol. The number of nitrogens with zero attached hydrogens (tertiary/aromatic N) is 1. The molecule has 2 unspecified atom stereocenters. The smallest absolute Gasteiger partial charge is 0.227 e. The van der Waals surface area contributed by atoms with E-state index in [2.05, 4.69) is 5.32 Å². The van der Waals surface area contributed by atoms with Crippen LogP contribution < -0.4 is 5.32 Å². The highest BCUT2D eigenvalue weighted by Crippen LogP contribution is 2.26. The summed E-state index contributed by atoms with van der Waals surface area (Å²) in [6.45, 7) is 7.30. The molecular weight excluding hydrogens is 292 g/mol. The van der Waals surface area contributed by atoms with Crippen LogP contribution in [0.4, 0.5) is 0 Å². The van der Waals surface area contributed by atoms with E-state index < -0.39 is 0 Å². The Hall–Kier alpha value is -1.10. The van der Waals surface area contributed by atoms with Crippen LogP contribution in [0.2, 0.25) is 0 Å². The average molecular weight is 324 g/mol. The van der Waals surface area contributed by atoms with Crippen molar-refractivity contribution < 1.29 is 14.7 Å². The topological polar surface area (TPSA) is 69.6 Å². The van der Waals surface area contributed by atoms with Gasteiger partial charge in [0.25, 0.3) is 0 Å². The quantitative estimate of drug-likeness (QED) is 0.833. The van der Waals surface area contributed by atoms with Crippen molar-refractivity contribution in [2.45, 2.75) is 65.3 Å². The van der Waals surface area contributed by atoms with E-state index in [4.69, 9.17) is 0 Å². The summed E-state index contributed by atoms with van der Waals surface area (Å²) in [5.74, 6) is 0.484. The first-order valence-electron chi connectivity index (χ1n) is 9.03. The first-order chi connectivity index (χ1) is 10.8. The van der Waals surface area contributed by atoms with Crippen molar-refractivity contribution in [2.75, 3.05) is 19.7 Å². The third-order valence-corrected chi connectivity index (χ3v) is 5.27. The lowest BCUT2D eigenvalue weighted by Gasteiger charge is -2.37. The fourth-order valence-electron chi connectivity index (χ4n) is 3.74. The van der Waals surface area contributed by atoms with E-state index in [-0.39, 0.29) is 41.7 Å². The maximum Gasteiger partial charge on any atom is 0.227 e. The largest absolute Gasteiger partial charge is 0.396 e. The molecule has 0 aromatic rings. The van der Waals surface area contributed by atoms with Gasteiger partial charge in [-0.3, -0.25) is 9.59 Å². The Morgan fingerprint density at radius 1 is 1.09 bits per heavy atom. The van der Waals surface area contributed by atoms with Gasteiger partial charge in [0.05, 0.1) is 0 Å². The van der Waals surface area contributed by atoms with E-state index in [9.17, 15) is 14.7 Å². The molecule has 2 fully saturated rings. The van der Waals surface area contributed by atoms with E-state index in [1.165, 1.54) is 0 Å². The van der Waals surface area contributed by atoms with Crippen LogP contribution in [0.1, 0.15) is 59.3 Å². The van der Waals surface area contributed by atoms with E-state index in [1.54, 1.807) is 0 Å². The molecule has 1 aliphatic carbocycles. The fraction of sp³-hybridized carbons (Fsp3) is 0.889. The van der Waals surface area contributed by atoms with Gasteiger partial charge in [-0.05, 0) is 25.7 Å². The Morgan fingerprint density at radius 2 is 1.70 bits per heavy atom. The van der Waals surface area contributed by atoms with Crippen LogP contribution in [0.15, 0.2) is 0 Å². The van der Waals surface area contributed by atoms with Crippen molar-refractivity contribution in [1.29, 1.82) is 0 Å². The van der Waals surface area contributed by atoms with Gasteiger partial charge in [-0.15, -0.1) is 0 Å². The van der Waals surface area contributed by atoms with Crippen LogP contribution >= 0.6 is 0 Å². The fourth-order valence-corrected chi connectivity index (χ4v) is 3.74. The molecule has 0 aromatic carbocycles. The predicted molar refractivity (Wildman–Crippen MR) is 89.7 cm³/mol. The maximum atomic E-state index is 12.5. The molecule has 0 spiro atoms. The molecule has 2 N–H and O–H groups in total. The molecule has 2 atom stereocenters. The summed E-state index contributed by atoms with van der Waals surface area (Å²) >= 11 is 0. The molecule has 2 aliphatic rings. The normalized spacial score (nSPS) is 26.9. The van der Waals surface area contributed by atoms with Gasteiger partial charge >= 0.3 is 0 Å². The average Bonchev–Trinajstić information content (AvgIpc) is 2.54. The van der Waals surface area contributed by atoms with Crippen molar-refractivity contribution in [3.05, 3.63) is 0 Å². The van der Waals surface area contributed by atoms with Gasteiger partial charge in [0.15, 0.2) is 0 Å². The number of aliphatic hydroxyl groups is 1. The third kappa shape index (κ3) is 4.69. The van der Waals surface area contributed by atoms with E-state index in [0.29, 0.717) is 13.1 Å². The van der Waals surface area contributed by atoms with Gasteiger partial charge in [-0.25, -0.2) is 0 Å². The van der Waals surface area contributed by atoms with Crippen LogP contribution in [0.5, 0.6) is 0 Å². The second-order valence-corrected chi connectivity index (χ2v) is 8.16. The highest BCUT2D eigenvalue weighted by Gasteiger charge is 2.34. The minimum Gasteiger partial charge on any atom is -0.396 e. The lowest BCUT2D eigenvalue weighted by molar-refractivity contribution is -0.142. The van der Waals surface area contributed by atoms with Gasteiger partial charge in [0.2, 0.25) is 11.8 Å². The Morgan fingerprint density at radius 3 is 2.26 bits per heavy atom. The summed E-state index contributed by atoms with van der Waals surface area (Å²) in [5, 5.41) is 12.6. The van der Waals surface area contributed by atoms with Crippen LogP contribution in [-0.2, 0) is 9.59 Å². The zero-order valence-corrected chi connectivity index (χ0v) is 14.8. The number of carbonyl (C=O) groups excluding carboxylic acids is 2. The summed E-state index contributed by atoms with van der Waals surface area (Å²) in [7, 11) is 0. The van der Waals surface area contributed by atoms with E-state index >= 15 is 0 Å². The molecule has 0 bridgehead atoms. The van der Waals surface area contributed by atoms with Crippen molar-refractivity contribution in [2.24, 2.45) is 17.3 Å². The predicted octanol–water partition coefficient (Wildman–Crippen LogP) is 1.94. The molecular formula is C18H32N2O3. The number of hydrogen-bond acceptors (Lipinski definition) is 3. The number of carbonyl (C=O) groups is 2. The number of nitrogens with one attached hydrogen (secondary N) is 1. The second kappa shape index (κ2) is 7.65. The van der Waals surface area contributed by atoms with Crippen LogP contribution in [0.3, 0.4) is 0 Å². The molecule has 0 radical (unpaired) electrons. The molecule has 23 heavy (non-hydrogen) atoms. The third-order valence-electron chi connectivity index (χ3n) is 5.27. The SMILES string of the molecule is CC(C)(C)C(=O)N1CCC(C(=O)NC2CCCCC2CO)CC1. The lowest BCUT2D eigenvalue weighted by atomic mass is 9.84. The van der Waals surface area contributed by atoms with Crippen LogP contribution in [-0.4, -0.2) is 47.6 Å². The number of rotatable bonds is 3. The molecule has 2 amide bonds. The summed E-state index contributed by atoms with van der Waals surface area (Å²) in [5.41, 5.74) is -0.356. The Bertz CT molecular complexity index is 422. The minimum atomic E-state index is -0.356. The summed E-state index contributed by atoms with van der Waals surface area (Å²) < 4.78 is 0. The molecule has 5 heteroatoms. The molecule has 1 heterocycles. The molecule has 1 aliphatic heterocycles. The molecule has 1 saturated carbocycles. The highest BCUT2D eigenvalue weighted by atomic mass is 16.3. The standard InChI is InChI=1S/C18H32N2O3/c1-18(2,3)17(23)20-10-8-13(9-11-20)16(22)19-15-7-5-4-6-14(15)12-21/h13-15,21H,4-12H2,1-3H3,(H,19,22). The number of likely N-dealkylation sites (tertiary alicyclic amines) is 1. The Labute approximate surface area is 139 Å². The zero-order valence-electron chi connectivity index (χ0n) is 14.8. The molecule has 132 valence electrons. The highest BCUT2D eigenvalue weighted by molar-refractivity contribution is 5.82. The van der Waals surface area contributed by atoms with Crippen molar-refractivity contribution in [1.82, 2.24) is 10.2 Å². The first kappa shape index (κ1) is 18.2. The summed E-state index contributed by atoms with van der Waals surface area (Å²) in [6, 6.07) is 0.121. The molecule has 2 rings (SSSR count). The summed E-state index contributed by atoms with van der Waals surface area (Å²) in [6.07, 6.45) is 5.72. The van der Waals surface area contributed by atoms with Crippen molar-refractivity contribution in [3.8, 4) is 0 Å². The second-order valence-electron chi connectivity index (χ2n) is 8.16. The van der Waals surface area contributed by atoms with Crippen molar-refractivity contribution in [3.63, 3.8) is 0 Å². The maximum absolute atomic E-state index is 12.5. The van der Waals surface area contributed by atoms with Gasteiger partial charge < -0.3 is 15.3 Å². The van der Waals surface area contributed by atoms with Gasteiger partial charge in [-0.2, -0.15) is 0 Å². The molecule has 1 saturated heterocycles. The first-order valence-corrected chi connectivity index (χ1v) is 9.03. The van der Waals surface area contributed by atoms with Crippen molar-refractivity contribution >= 4 is 11.8 Å². The van der Waals surface area contributed by atoms with Gasteiger partial charge in [0.1, 0.15) is 0 Å². The zero-order chi connectivity index (χ0) is 17.0. The van der Waals surface area contributed by atoms with Crippen LogP contribution in [0.25, 0.3) is 0 Å². The van der Waals surface area contributed by atoms with Crippen LogP contribution in [0, 0.1) is 17.3 Å².